The quantitative estimate of drug-likeness (QED) is 0.480. The Morgan fingerprint density at radius 3 is 2.46 bits per heavy atom. The van der Waals surface area contributed by atoms with E-state index in [0.29, 0.717) is 19.6 Å². The van der Waals surface area contributed by atoms with Crippen molar-refractivity contribution >= 4 is 17.9 Å². The molecule has 0 bridgehead atoms. The molecule has 0 aliphatic carbocycles. The average molecular weight is 361 g/mol. The number of esters is 2. The van der Waals surface area contributed by atoms with Gasteiger partial charge >= 0.3 is 11.9 Å². The first-order valence-corrected chi connectivity index (χ1v) is 8.29. The molecule has 1 fully saturated rings. The second kappa shape index (κ2) is 8.62. The lowest BCUT2D eigenvalue weighted by molar-refractivity contribution is -0.255. The maximum atomic E-state index is 12.2. The normalized spacial score (nSPS) is 16.0. The van der Waals surface area contributed by atoms with Crippen LogP contribution in [0.25, 0.3) is 0 Å². The highest BCUT2D eigenvalue weighted by Crippen LogP contribution is 2.36. The summed E-state index contributed by atoms with van der Waals surface area (Å²) >= 11 is 0. The van der Waals surface area contributed by atoms with Gasteiger partial charge in [-0.3, -0.25) is 0 Å². The van der Waals surface area contributed by atoms with E-state index in [2.05, 4.69) is 6.58 Å². The lowest BCUT2D eigenvalue weighted by Crippen LogP contribution is -2.46. The fourth-order valence-electron chi connectivity index (χ4n) is 2.77. The zero-order chi connectivity index (χ0) is 19.2. The van der Waals surface area contributed by atoms with Crippen molar-refractivity contribution in [3.63, 3.8) is 0 Å². The molecule has 1 heterocycles. The zero-order valence-electron chi connectivity index (χ0n) is 14.6. The standard InChI is InChI=1S/C19H22O7/c1-3-16(20)26-13(9-19(4-2)11-24-12-19)10-25-18(23)15-8-6-5-7-14(15)17(21)22/h3,5-8,13H,1,4,9-12H2,2H3,(H,21,22)/p-1. The summed E-state index contributed by atoms with van der Waals surface area (Å²) in [5.41, 5.74) is -0.491. The third-order valence-corrected chi connectivity index (χ3v) is 4.44. The van der Waals surface area contributed by atoms with E-state index < -0.39 is 24.0 Å². The molecule has 1 saturated heterocycles. The Bertz CT molecular complexity index is 685. The minimum Gasteiger partial charge on any atom is -0.545 e. The topological polar surface area (TPSA) is 102 Å². The van der Waals surface area contributed by atoms with Gasteiger partial charge in [0.25, 0.3) is 0 Å². The van der Waals surface area contributed by atoms with Crippen LogP contribution in [0.3, 0.4) is 0 Å². The van der Waals surface area contributed by atoms with Crippen molar-refractivity contribution < 1.29 is 33.7 Å². The van der Waals surface area contributed by atoms with E-state index in [1.54, 1.807) is 0 Å². The summed E-state index contributed by atoms with van der Waals surface area (Å²) in [5, 5.41) is 11.1. The number of rotatable bonds is 9. The number of carbonyl (C=O) groups excluding carboxylic acids is 3. The van der Waals surface area contributed by atoms with Crippen LogP contribution in [0, 0.1) is 5.41 Å². The molecule has 1 aromatic rings. The Morgan fingerprint density at radius 2 is 1.96 bits per heavy atom. The van der Waals surface area contributed by atoms with Crippen LogP contribution in [0.1, 0.15) is 40.5 Å². The Balaban J connectivity index is 2.06. The van der Waals surface area contributed by atoms with Gasteiger partial charge in [-0.15, -0.1) is 0 Å². The highest BCUT2D eigenvalue weighted by atomic mass is 16.6. The number of benzene rings is 1. The van der Waals surface area contributed by atoms with Crippen LogP contribution in [-0.4, -0.2) is 43.8 Å². The molecule has 1 unspecified atom stereocenters. The van der Waals surface area contributed by atoms with Crippen LogP contribution >= 0.6 is 0 Å². The summed E-state index contributed by atoms with van der Waals surface area (Å²) in [6, 6.07) is 5.61. The van der Waals surface area contributed by atoms with E-state index in [1.165, 1.54) is 24.3 Å². The number of carbonyl (C=O) groups is 3. The minimum atomic E-state index is -1.47. The van der Waals surface area contributed by atoms with Crippen molar-refractivity contribution in [1.82, 2.24) is 0 Å². The molecule has 0 amide bonds. The van der Waals surface area contributed by atoms with Gasteiger partial charge < -0.3 is 24.1 Å². The van der Waals surface area contributed by atoms with Gasteiger partial charge in [-0.1, -0.05) is 31.7 Å². The Kier molecular flexibility index (Phi) is 6.52. The van der Waals surface area contributed by atoms with E-state index in [9.17, 15) is 19.5 Å². The van der Waals surface area contributed by atoms with E-state index in [4.69, 9.17) is 14.2 Å². The molecule has 0 radical (unpaired) electrons. The van der Waals surface area contributed by atoms with Crippen molar-refractivity contribution in [2.24, 2.45) is 5.41 Å². The summed E-state index contributed by atoms with van der Waals surface area (Å²) in [5.74, 6) is -2.91. The van der Waals surface area contributed by atoms with Crippen molar-refractivity contribution in [2.45, 2.75) is 25.9 Å². The van der Waals surface area contributed by atoms with Crippen molar-refractivity contribution in [2.75, 3.05) is 19.8 Å². The molecule has 2 rings (SSSR count). The predicted molar refractivity (Wildman–Crippen MR) is 89.3 cm³/mol. The Morgan fingerprint density at radius 1 is 1.31 bits per heavy atom. The van der Waals surface area contributed by atoms with Crippen LogP contribution in [0.4, 0.5) is 0 Å². The molecule has 140 valence electrons. The van der Waals surface area contributed by atoms with E-state index >= 15 is 0 Å². The molecule has 0 saturated carbocycles. The maximum absolute atomic E-state index is 12.2. The van der Waals surface area contributed by atoms with Gasteiger partial charge in [0.1, 0.15) is 12.7 Å². The number of carboxylic acids is 1. The van der Waals surface area contributed by atoms with Gasteiger partial charge in [0, 0.05) is 17.1 Å². The molecular weight excluding hydrogens is 340 g/mol. The minimum absolute atomic E-state index is 0.113. The molecule has 1 aromatic carbocycles. The molecule has 7 nitrogen and oxygen atoms in total. The summed E-state index contributed by atoms with van der Waals surface area (Å²) in [4.78, 5) is 34.9. The zero-order valence-corrected chi connectivity index (χ0v) is 14.6. The number of carboxylic acid groups (broad SMARTS) is 1. The van der Waals surface area contributed by atoms with Gasteiger partial charge in [0.15, 0.2) is 0 Å². The number of hydrogen-bond acceptors (Lipinski definition) is 7. The molecular formula is C19H21O7-. The SMILES string of the molecule is C=CC(=O)OC(COC(=O)c1ccccc1C(=O)[O-])CC1(CC)COC1. The Hall–Kier alpha value is -2.67. The number of aromatic carboxylic acids is 1. The fraction of sp³-hybridized carbons (Fsp3) is 0.421. The summed E-state index contributed by atoms with van der Waals surface area (Å²) in [6.07, 6.45) is 1.66. The second-order valence-corrected chi connectivity index (χ2v) is 6.24. The number of hydrogen-bond donors (Lipinski definition) is 0. The lowest BCUT2D eigenvalue weighted by Gasteiger charge is -2.42. The molecule has 0 N–H and O–H groups in total. The molecule has 0 spiro atoms. The van der Waals surface area contributed by atoms with Crippen molar-refractivity contribution in [3.8, 4) is 0 Å². The highest BCUT2D eigenvalue weighted by Gasteiger charge is 2.40. The molecule has 0 aromatic heterocycles. The molecule has 1 aliphatic rings. The average Bonchev–Trinajstić information content (AvgIpc) is 2.61. The first-order chi connectivity index (χ1) is 12.4. The van der Waals surface area contributed by atoms with Crippen LogP contribution in [-0.2, 0) is 19.0 Å². The second-order valence-electron chi connectivity index (χ2n) is 6.24. The van der Waals surface area contributed by atoms with Gasteiger partial charge in [0.2, 0.25) is 0 Å². The number of ether oxygens (including phenoxy) is 3. The van der Waals surface area contributed by atoms with Crippen LogP contribution < -0.4 is 5.11 Å². The smallest absolute Gasteiger partial charge is 0.338 e. The van der Waals surface area contributed by atoms with E-state index in [0.717, 1.165) is 12.5 Å². The van der Waals surface area contributed by atoms with Crippen molar-refractivity contribution in [3.05, 3.63) is 48.0 Å². The van der Waals surface area contributed by atoms with Gasteiger partial charge in [-0.2, -0.15) is 0 Å². The fourth-order valence-corrected chi connectivity index (χ4v) is 2.77. The monoisotopic (exact) mass is 361 g/mol. The Labute approximate surface area is 151 Å². The van der Waals surface area contributed by atoms with Gasteiger partial charge in [-0.05, 0) is 18.9 Å². The molecule has 1 atom stereocenters. The first kappa shape index (κ1) is 19.7. The molecule has 1 aliphatic heterocycles. The molecule has 7 heteroatoms. The van der Waals surface area contributed by atoms with E-state index in [-0.39, 0.29) is 23.1 Å². The van der Waals surface area contributed by atoms with Crippen LogP contribution in [0.15, 0.2) is 36.9 Å². The van der Waals surface area contributed by atoms with Gasteiger partial charge in [-0.25, -0.2) is 9.59 Å². The van der Waals surface area contributed by atoms with Crippen molar-refractivity contribution in [1.29, 1.82) is 0 Å². The lowest BCUT2D eigenvalue weighted by atomic mass is 9.78. The first-order valence-electron chi connectivity index (χ1n) is 8.29. The maximum Gasteiger partial charge on any atom is 0.338 e. The van der Waals surface area contributed by atoms with Crippen LogP contribution in [0.2, 0.25) is 0 Å². The summed E-state index contributed by atoms with van der Waals surface area (Å²) < 4.78 is 15.7. The largest absolute Gasteiger partial charge is 0.545 e. The third-order valence-electron chi connectivity index (χ3n) is 4.44. The van der Waals surface area contributed by atoms with E-state index in [1.807, 2.05) is 6.92 Å². The van der Waals surface area contributed by atoms with Crippen LogP contribution in [0.5, 0.6) is 0 Å². The highest BCUT2D eigenvalue weighted by molar-refractivity contribution is 6.01. The summed E-state index contributed by atoms with van der Waals surface area (Å²) in [7, 11) is 0. The van der Waals surface area contributed by atoms with Gasteiger partial charge in [0.05, 0.1) is 24.7 Å². The molecule has 26 heavy (non-hydrogen) atoms. The third kappa shape index (κ3) is 4.70. The summed E-state index contributed by atoms with van der Waals surface area (Å²) in [6.45, 7) is 6.27. The predicted octanol–water partition coefficient (Wildman–Crippen LogP) is 1.12.